The fourth-order valence-corrected chi connectivity index (χ4v) is 4.40. The number of hydrogen-bond acceptors (Lipinski definition) is 3. The molecule has 0 radical (unpaired) electrons. The Labute approximate surface area is 129 Å². The minimum atomic E-state index is -2.99. The molecule has 0 spiro atoms. The average molecular weight is 361 g/mol. The molecule has 0 saturated heterocycles. The molecule has 1 aromatic carbocycles. The van der Waals surface area contributed by atoms with Crippen molar-refractivity contribution in [3.05, 3.63) is 34.3 Å². The molecule has 0 aromatic heterocycles. The second kappa shape index (κ2) is 6.58. The molecule has 5 heteroatoms. The Kier molecular flexibility index (Phi) is 5.26. The Morgan fingerprint density at radius 2 is 1.95 bits per heavy atom. The van der Waals surface area contributed by atoms with Crippen molar-refractivity contribution < 1.29 is 13.5 Å². The minimum absolute atomic E-state index is 0.0899. The third-order valence-electron chi connectivity index (χ3n) is 4.17. The van der Waals surface area contributed by atoms with Crippen molar-refractivity contribution in [1.29, 1.82) is 0 Å². The van der Waals surface area contributed by atoms with Gasteiger partial charge in [-0.2, -0.15) is 0 Å². The maximum absolute atomic E-state index is 11.7. The van der Waals surface area contributed by atoms with Crippen molar-refractivity contribution in [1.82, 2.24) is 0 Å². The van der Waals surface area contributed by atoms with Gasteiger partial charge < -0.3 is 5.11 Å². The SMILES string of the molecule is CS(=O)(=O)C1CCCC(C(O)Cc2ccc(Br)cc2)C1. The Morgan fingerprint density at radius 3 is 2.55 bits per heavy atom. The maximum atomic E-state index is 11.7. The molecular formula is C15H21BrO3S. The van der Waals surface area contributed by atoms with Crippen LogP contribution in [-0.4, -0.2) is 31.1 Å². The molecule has 1 aliphatic rings. The van der Waals surface area contributed by atoms with Crippen LogP contribution >= 0.6 is 15.9 Å². The van der Waals surface area contributed by atoms with Crippen LogP contribution in [0, 0.1) is 5.92 Å². The largest absolute Gasteiger partial charge is 0.392 e. The van der Waals surface area contributed by atoms with E-state index in [9.17, 15) is 13.5 Å². The molecule has 2 rings (SSSR count). The van der Waals surface area contributed by atoms with Gasteiger partial charge in [0.2, 0.25) is 0 Å². The second-order valence-electron chi connectivity index (χ2n) is 5.78. The first-order valence-corrected chi connectivity index (χ1v) is 9.72. The standard InChI is InChI=1S/C15H21BrO3S/c1-20(18,19)14-4-2-3-12(10-14)15(17)9-11-5-7-13(16)8-6-11/h5-8,12,14-15,17H,2-4,9-10H2,1H3. The highest BCUT2D eigenvalue weighted by molar-refractivity contribution is 9.10. The molecule has 3 unspecified atom stereocenters. The molecular weight excluding hydrogens is 340 g/mol. The Morgan fingerprint density at radius 1 is 1.30 bits per heavy atom. The van der Waals surface area contributed by atoms with Crippen LogP contribution in [0.5, 0.6) is 0 Å². The van der Waals surface area contributed by atoms with Gasteiger partial charge in [-0.1, -0.05) is 34.5 Å². The molecule has 3 nitrogen and oxygen atoms in total. The highest BCUT2D eigenvalue weighted by Gasteiger charge is 2.32. The van der Waals surface area contributed by atoms with Crippen LogP contribution in [0.3, 0.4) is 0 Å². The van der Waals surface area contributed by atoms with E-state index in [1.807, 2.05) is 24.3 Å². The van der Waals surface area contributed by atoms with Crippen LogP contribution in [0.2, 0.25) is 0 Å². The van der Waals surface area contributed by atoms with Gasteiger partial charge in [0, 0.05) is 10.7 Å². The van der Waals surface area contributed by atoms with Gasteiger partial charge in [-0.05, 0) is 49.3 Å². The first kappa shape index (κ1) is 16.0. The van der Waals surface area contributed by atoms with Gasteiger partial charge >= 0.3 is 0 Å². The average Bonchev–Trinajstić information content (AvgIpc) is 2.40. The summed E-state index contributed by atoms with van der Waals surface area (Å²) in [6, 6.07) is 7.90. The topological polar surface area (TPSA) is 54.4 Å². The lowest BCUT2D eigenvalue weighted by Gasteiger charge is -2.31. The van der Waals surface area contributed by atoms with Gasteiger partial charge in [-0.25, -0.2) is 8.42 Å². The van der Waals surface area contributed by atoms with Crippen LogP contribution in [0.15, 0.2) is 28.7 Å². The van der Waals surface area contributed by atoms with Crippen LogP contribution in [0.25, 0.3) is 0 Å². The number of sulfone groups is 1. The lowest BCUT2D eigenvalue weighted by atomic mass is 9.83. The third-order valence-corrected chi connectivity index (χ3v) is 6.34. The predicted molar refractivity (Wildman–Crippen MR) is 84.4 cm³/mol. The molecule has 0 amide bonds. The molecule has 1 aromatic rings. The van der Waals surface area contributed by atoms with Gasteiger partial charge in [0.15, 0.2) is 0 Å². The summed E-state index contributed by atoms with van der Waals surface area (Å²) < 4.78 is 24.3. The Hall–Kier alpha value is -0.390. The molecule has 1 aliphatic carbocycles. The lowest BCUT2D eigenvalue weighted by molar-refractivity contribution is 0.0859. The van der Waals surface area contributed by atoms with Crippen LogP contribution in [0.4, 0.5) is 0 Å². The van der Waals surface area contributed by atoms with Gasteiger partial charge in [0.05, 0.1) is 11.4 Å². The third kappa shape index (κ3) is 4.30. The Bertz CT molecular complexity index is 539. The molecule has 1 N–H and O–H groups in total. The summed E-state index contributed by atoms with van der Waals surface area (Å²) in [7, 11) is -2.99. The number of hydrogen-bond donors (Lipinski definition) is 1. The van der Waals surface area contributed by atoms with E-state index in [1.54, 1.807) is 0 Å². The molecule has 1 fully saturated rings. The van der Waals surface area contributed by atoms with Crippen molar-refractivity contribution in [3.8, 4) is 0 Å². The molecule has 3 atom stereocenters. The summed E-state index contributed by atoms with van der Waals surface area (Å²) in [4.78, 5) is 0. The first-order valence-electron chi connectivity index (χ1n) is 6.97. The van der Waals surface area contributed by atoms with Crippen LogP contribution in [-0.2, 0) is 16.3 Å². The number of benzene rings is 1. The van der Waals surface area contributed by atoms with E-state index in [-0.39, 0.29) is 11.2 Å². The van der Waals surface area contributed by atoms with E-state index >= 15 is 0 Å². The second-order valence-corrected chi connectivity index (χ2v) is 9.02. The van der Waals surface area contributed by atoms with E-state index in [0.717, 1.165) is 29.3 Å². The smallest absolute Gasteiger partial charge is 0.150 e. The normalized spacial score (nSPS) is 25.4. The lowest BCUT2D eigenvalue weighted by Crippen LogP contribution is -2.34. The summed E-state index contributed by atoms with van der Waals surface area (Å²) in [5.41, 5.74) is 1.09. The van der Waals surface area contributed by atoms with Gasteiger partial charge in [-0.3, -0.25) is 0 Å². The number of aliphatic hydroxyl groups excluding tert-OH is 1. The number of aliphatic hydroxyl groups is 1. The van der Waals surface area contributed by atoms with Crippen molar-refractivity contribution in [3.63, 3.8) is 0 Å². The van der Waals surface area contributed by atoms with E-state index in [2.05, 4.69) is 15.9 Å². The van der Waals surface area contributed by atoms with Crippen molar-refractivity contribution in [2.45, 2.75) is 43.5 Å². The molecule has 20 heavy (non-hydrogen) atoms. The van der Waals surface area contributed by atoms with E-state index in [0.29, 0.717) is 12.8 Å². The summed E-state index contributed by atoms with van der Waals surface area (Å²) in [5.74, 6) is 0.0899. The van der Waals surface area contributed by atoms with Crippen molar-refractivity contribution in [2.75, 3.05) is 6.26 Å². The Balaban J connectivity index is 1.98. The van der Waals surface area contributed by atoms with E-state index < -0.39 is 15.9 Å². The summed E-state index contributed by atoms with van der Waals surface area (Å²) in [6.07, 6.45) is 4.58. The first-order chi connectivity index (χ1) is 9.36. The van der Waals surface area contributed by atoms with E-state index in [1.165, 1.54) is 6.26 Å². The summed E-state index contributed by atoms with van der Waals surface area (Å²) in [6.45, 7) is 0. The van der Waals surface area contributed by atoms with Gasteiger partial charge in [-0.15, -0.1) is 0 Å². The quantitative estimate of drug-likeness (QED) is 0.897. The zero-order chi connectivity index (χ0) is 14.8. The minimum Gasteiger partial charge on any atom is -0.392 e. The van der Waals surface area contributed by atoms with E-state index in [4.69, 9.17) is 0 Å². The van der Waals surface area contributed by atoms with Crippen LogP contribution in [0.1, 0.15) is 31.2 Å². The fourth-order valence-electron chi connectivity index (χ4n) is 2.95. The monoisotopic (exact) mass is 360 g/mol. The molecule has 1 saturated carbocycles. The fraction of sp³-hybridized carbons (Fsp3) is 0.600. The number of rotatable bonds is 4. The van der Waals surface area contributed by atoms with Crippen LogP contribution < -0.4 is 0 Å². The number of halogens is 1. The van der Waals surface area contributed by atoms with Crippen molar-refractivity contribution in [2.24, 2.45) is 5.92 Å². The predicted octanol–water partition coefficient (Wildman–Crippen LogP) is 2.96. The highest BCUT2D eigenvalue weighted by Crippen LogP contribution is 2.31. The summed E-state index contributed by atoms with van der Waals surface area (Å²) in [5, 5.41) is 10.1. The maximum Gasteiger partial charge on any atom is 0.150 e. The zero-order valence-electron chi connectivity index (χ0n) is 11.6. The molecule has 0 aliphatic heterocycles. The zero-order valence-corrected chi connectivity index (χ0v) is 14.0. The molecule has 112 valence electrons. The van der Waals surface area contributed by atoms with Gasteiger partial charge in [0.25, 0.3) is 0 Å². The van der Waals surface area contributed by atoms with Crippen molar-refractivity contribution >= 4 is 25.8 Å². The molecule has 0 bridgehead atoms. The van der Waals surface area contributed by atoms with Gasteiger partial charge in [0.1, 0.15) is 9.84 Å². The molecule has 0 heterocycles. The highest BCUT2D eigenvalue weighted by atomic mass is 79.9. The summed E-state index contributed by atoms with van der Waals surface area (Å²) >= 11 is 3.39.